The van der Waals surface area contributed by atoms with Gasteiger partial charge in [-0.2, -0.15) is 0 Å². The van der Waals surface area contributed by atoms with Gasteiger partial charge in [-0.15, -0.1) is 0 Å². The van der Waals surface area contributed by atoms with Crippen LogP contribution >= 0.6 is 0 Å². The van der Waals surface area contributed by atoms with E-state index in [1.165, 1.54) is 6.92 Å². The first-order valence-corrected chi connectivity index (χ1v) is 6.39. The Morgan fingerprint density at radius 1 is 1.05 bits per heavy atom. The normalized spacial score (nSPS) is 15.4. The highest BCUT2D eigenvalue weighted by Gasteiger charge is 2.48. The number of hydrogen-bond acceptors (Lipinski definition) is 4. The molecule has 0 bridgehead atoms. The Balaban J connectivity index is 2.42. The number of Topliss-reactive ketones (excluding diaryl/α,β-unsaturated/α-hetero) is 1. The number of para-hydroxylation sites is 2. The SMILES string of the molecule is CC(=O)C1(OO)c2ccccc2N(C)c2ccccc21. The highest BCUT2D eigenvalue weighted by Crippen LogP contribution is 2.49. The summed E-state index contributed by atoms with van der Waals surface area (Å²) in [5.41, 5.74) is 1.53. The Hall–Kier alpha value is -2.17. The molecule has 1 N–H and O–H groups in total. The third-order valence-corrected chi connectivity index (χ3v) is 3.92. The van der Waals surface area contributed by atoms with E-state index < -0.39 is 5.60 Å². The quantitative estimate of drug-likeness (QED) is 0.672. The molecular weight excluding hydrogens is 254 g/mol. The van der Waals surface area contributed by atoms with Crippen molar-refractivity contribution in [2.45, 2.75) is 12.5 Å². The van der Waals surface area contributed by atoms with Gasteiger partial charge >= 0.3 is 0 Å². The molecule has 102 valence electrons. The lowest BCUT2D eigenvalue weighted by atomic mass is 9.78. The molecule has 1 heterocycles. The summed E-state index contributed by atoms with van der Waals surface area (Å²) in [5.74, 6) is -0.256. The van der Waals surface area contributed by atoms with Crippen LogP contribution in [0.4, 0.5) is 11.4 Å². The van der Waals surface area contributed by atoms with Crippen molar-refractivity contribution in [2.24, 2.45) is 0 Å². The fourth-order valence-corrected chi connectivity index (χ4v) is 2.94. The molecule has 20 heavy (non-hydrogen) atoms. The summed E-state index contributed by atoms with van der Waals surface area (Å²) < 4.78 is 0. The van der Waals surface area contributed by atoms with Crippen molar-refractivity contribution in [1.29, 1.82) is 0 Å². The van der Waals surface area contributed by atoms with Gasteiger partial charge in [0.25, 0.3) is 0 Å². The predicted molar refractivity (Wildman–Crippen MR) is 76.1 cm³/mol. The van der Waals surface area contributed by atoms with E-state index in [1.807, 2.05) is 48.3 Å². The van der Waals surface area contributed by atoms with E-state index in [0.717, 1.165) is 11.4 Å². The number of hydrogen-bond donors (Lipinski definition) is 1. The number of carbonyl (C=O) groups excluding carboxylic acids is 1. The fraction of sp³-hybridized carbons (Fsp3) is 0.188. The van der Waals surface area contributed by atoms with Crippen molar-refractivity contribution in [3.05, 3.63) is 59.7 Å². The third kappa shape index (κ3) is 1.46. The molecule has 1 aliphatic heterocycles. The molecule has 0 amide bonds. The molecule has 0 spiro atoms. The zero-order valence-corrected chi connectivity index (χ0v) is 11.3. The van der Waals surface area contributed by atoms with Crippen molar-refractivity contribution in [3.8, 4) is 0 Å². The molecule has 0 radical (unpaired) electrons. The zero-order valence-electron chi connectivity index (χ0n) is 11.3. The second-order valence-electron chi connectivity index (χ2n) is 4.92. The average Bonchev–Trinajstić information content (AvgIpc) is 2.48. The Morgan fingerprint density at radius 2 is 1.50 bits per heavy atom. The molecule has 2 aromatic carbocycles. The molecule has 3 rings (SSSR count). The smallest absolute Gasteiger partial charge is 0.215 e. The van der Waals surface area contributed by atoms with Crippen LogP contribution in [0, 0.1) is 0 Å². The van der Waals surface area contributed by atoms with Gasteiger partial charge in [-0.1, -0.05) is 36.4 Å². The summed E-state index contributed by atoms with van der Waals surface area (Å²) in [6.07, 6.45) is 0. The number of carbonyl (C=O) groups is 1. The van der Waals surface area contributed by atoms with Gasteiger partial charge < -0.3 is 4.90 Å². The number of nitrogens with zero attached hydrogens (tertiary/aromatic N) is 1. The molecule has 0 aromatic heterocycles. The standard InChI is InChI=1S/C16H15NO3/c1-11(18)16(20-19)12-7-3-5-9-14(12)17(2)15-10-6-4-8-13(15)16/h3-10,19H,1-2H3. The largest absolute Gasteiger partial charge is 0.344 e. The molecule has 0 aliphatic carbocycles. The Labute approximate surface area is 117 Å². The topological polar surface area (TPSA) is 49.8 Å². The molecule has 4 nitrogen and oxygen atoms in total. The average molecular weight is 269 g/mol. The highest BCUT2D eigenvalue weighted by atomic mass is 17.1. The van der Waals surface area contributed by atoms with Gasteiger partial charge in [-0.25, -0.2) is 4.89 Å². The molecule has 1 aliphatic rings. The number of benzene rings is 2. The maximum absolute atomic E-state index is 12.3. The molecule has 2 aromatic rings. The lowest BCUT2D eigenvalue weighted by Crippen LogP contribution is -2.42. The van der Waals surface area contributed by atoms with Crippen LogP contribution in [0.15, 0.2) is 48.5 Å². The van der Waals surface area contributed by atoms with Crippen molar-refractivity contribution in [1.82, 2.24) is 0 Å². The maximum atomic E-state index is 12.3. The van der Waals surface area contributed by atoms with E-state index in [9.17, 15) is 10.1 Å². The van der Waals surface area contributed by atoms with Gasteiger partial charge in [0.2, 0.25) is 5.60 Å². The molecule has 0 saturated carbocycles. The summed E-state index contributed by atoms with van der Waals surface area (Å²) in [6, 6.07) is 14.9. The van der Waals surface area contributed by atoms with Gasteiger partial charge in [0, 0.05) is 29.5 Å². The van der Waals surface area contributed by atoms with Crippen molar-refractivity contribution >= 4 is 17.2 Å². The maximum Gasteiger partial charge on any atom is 0.215 e. The molecule has 0 unspecified atom stereocenters. The molecule has 4 heteroatoms. The van der Waals surface area contributed by atoms with Gasteiger partial charge in [-0.05, 0) is 19.1 Å². The summed E-state index contributed by atoms with van der Waals surface area (Å²) in [6.45, 7) is 1.43. The minimum absolute atomic E-state index is 0.256. The summed E-state index contributed by atoms with van der Waals surface area (Å²) in [4.78, 5) is 19.0. The van der Waals surface area contributed by atoms with Crippen LogP contribution in [0.25, 0.3) is 0 Å². The first-order valence-electron chi connectivity index (χ1n) is 6.39. The minimum atomic E-state index is -1.46. The van der Waals surface area contributed by atoms with E-state index in [0.29, 0.717) is 11.1 Å². The van der Waals surface area contributed by atoms with Crippen LogP contribution in [-0.4, -0.2) is 18.1 Å². The van der Waals surface area contributed by atoms with Crippen molar-refractivity contribution in [3.63, 3.8) is 0 Å². The van der Waals surface area contributed by atoms with Crippen LogP contribution in [0.1, 0.15) is 18.1 Å². The Morgan fingerprint density at radius 3 is 1.90 bits per heavy atom. The predicted octanol–water partition coefficient (Wildman–Crippen LogP) is 3.09. The van der Waals surface area contributed by atoms with Gasteiger partial charge in [0.05, 0.1) is 0 Å². The van der Waals surface area contributed by atoms with E-state index in [4.69, 9.17) is 4.89 Å². The van der Waals surface area contributed by atoms with E-state index in [-0.39, 0.29) is 5.78 Å². The number of rotatable bonds is 2. The fourth-order valence-electron chi connectivity index (χ4n) is 2.94. The summed E-state index contributed by atoms with van der Waals surface area (Å²) in [5, 5.41) is 9.55. The lowest BCUT2D eigenvalue weighted by molar-refractivity contribution is -0.303. The minimum Gasteiger partial charge on any atom is -0.344 e. The van der Waals surface area contributed by atoms with E-state index in [1.54, 1.807) is 12.1 Å². The summed E-state index contributed by atoms with van der Waals surface area (Å²) in [7, 11) is 1.93. The zero-order chi connectivity index (χ0) is 14.3. The Kier molecular flexibility index (Phi) is 2.85. The first kappa shape index (κ1) is 12.8. The highest BCUT2D eigenvalue weighted by molar-refractivity contribution is 5.96. The molecular formula is C16H15NO3. The van der Waals surface area contributed by atoms with Crippen LogP contribution < -0.4 is 4.90 Å². The van der Waals surface area contributed by atoms with Crippen LogP contribution in [-0.2, 0) is 15.3 Å². The second-order valence-corrected chi connectivity index (χ2v) is 4.92. The summed E-state index contributed by atoms with van der Waals surface area (Å²) >= 11 is 0. The monoisotopic (exact) mass is 269 g/mol. The van der Waals surface area contributed by atoms with Crippen LogP contribution in [0.5, 0.6) is 0 Å². The Bertz CT molecular complexity index is 633. The van der Waals surface area contributed by atoms with Crippen molar-refractivity contribution < 1.29 is 14.9 Å². The number of fused-ring (bicyclic) bond motifs is 2. The number of anilines is 2. The van der Waals surface area contributed by atoms with Crippen LogP contribution in [0.2, 0.25) is 0 Å². The van der Waals surface area contributed by atoms with Gasteiger partial charge in [-0.3, -0.25) is 10.1 Å². The lowest BCUT2D eigenvalue weighted by Gasteiger charge is -2.40. The molecule has 0 atom stereocenters. The molecule has 0 fully saturated rings. The van der Waals surface area contributed by atoms with Gasteiger partial charge in [0.15, 0.2) is 5.78 Å². The number of ketones is 1. The first-order chi connectivity index (χ1) is 9.63. The van der Waals surface area contributed by atoms with E-state index >= 15 is 0 Å². The third-order valence-electron chi connectivity index (χ3n) is 3.92. The molecule has 0 saturated heterocycles. The van der Waals surface area contributed by atoms with Gasteiger partial charge in [0.1, 0.15) is 0 Å². The second kappa shape index (κ2) is 4.44. The van der Waals surface area contributed by atoms with Crippen molar-refractivity contribution in [2.75, 3.05) is 11.9 Å². The van der Waals surface area contributed by atoms with Crippen LogP contribution in [0.3, 0.4) is 0 Å². The van der Waals surface area contributed by atoms with E-state index in [2.05, 4.69) is 0 Å².